The van der Waals surface area contributed by atoms with Crippen molar-refractivity contribution in [3.63, 3.8) is 0 Å². The van der Waals surface area contributed by atoms with Crippen molar-refractivity contribution in [3.05, 3.63) is 76.5 Å². The Labute approximate surface area is 178 Å². The molecule has 3 aromatic rings. The van der Waals surface area contributed by atoms with Gasteiger partial charge in [0.1, 0.15) is 5.75 Å². The van der Waals surface area contributed by atoms with Gasteiger partial charge in [0.25, 0.3) is 0 Å². The van der Waals surface area contributed by atoms with Gasteiger partial charge in [0.15, 0.2) is 0 Å². The number of nitrogens with zero attached hydrogens (tertiary/aromatic N) is 1. The Balaban J connectivity index is 2.22. The fraction of sp³-hybridized carbons (Fsp3) is 0.227. The molecule has 0 amide bonds. The summed E-state index contributed by atoms with van der Waals surface area (Å²) in [6.45, 7) is 1.46. The molecule has 0 spiro atoms. The topological polar surface area (TPSA) is 51.5 Å². The third-order valence-electron chi connectivity index (χ3n) is 4.98. The van der Waals surface area contributed by atoms with Gasteiger partial charge >= 0.3 is 18.3 Å². The van der Waals surface area contributed by atoms with E-state index >= 15 is 0 Å². The lowest BCUT2D eigenvalue weighted by molar-refractivity contribution is -0.143. The summed E-state index contributed by atoms with van der Waals surface area (Å²) in [5.41, 5.74) is -2.81. The second kappa shape index (κ2) is 8.25. The molecule has 0 unspecified atom stereocenters. The zero-order chi connectivity index (χ0) is 23.8. The Morgan fingerprint density at radius 2 is 1.47 bits per heavy atom. The lowest BCUT2D eigenvalue weighted by Gasteiger charge is -2.17. The fourth-order valence-corrected chi connectivity index (χ4v) is 3.32. The van der Waals surface area contributed by atoms with Crippen LogP contribution in [-0.2, 0) is 18.9 Å². The number of benzene rings is 2. The van der Waals surface area contributed by atoms with Crippen LogP contribution in [0.5, 0.6) is 5.75 Å². The highest BCUT2D eigenvalue weighted by atomic mass is 19.4. The third kappa shape index (κ3) is 4.74. The molecule has 10 heteroatoms. The number of rotatable bonds is 5. The highest BCUT2D eigenvalue weighted by Crippen LogP contribution is 2.39. The maximum Gasteiger partial charge on any atom is 0.416 e. The molecule has 0 aliphatic carbocycles. The van der Waals surface area contributed by atoms with Gasteiger partial charge in [0, 0.05) is 17.9 Å². The molecular weight excluding hydrogens is 440 g/mol. The van der Waals surface area contributed by atoms with Gasteiger partial charge in [-0.3, -0.25) is 0 Å². The highest BCUT2D eigenvalue weighted by molar-refractivity contribution is 5.91. The summed E-state index contributed by atoms with van der Waals surface area (Å²) in [5, 5.41) is 9.46. The van der Waals surface area contributed by atoms with E-state index in [1.807, 2.05) is 0 Å². The number of aromatic carboxylic acids is 1. The largest absolute Gasteiger partial charge is 0.497 e. The maximum absolute atomic E-state index is 13.3. The predicted octanol–water partition coefficient (Wildman–Crippen LogP) is 6.26. The number of halogens is 6. The first-order valence-corrected chi connectivity index (χ1v) is 9.17. The summed E-state index contributed by atoms with van der Waals surface area (Å²) in [6, 6.07) is 8.88. The normalized spacial score (nSPS) is 12.1. The smallest absolute Gasteiger partial charge is 0.416 e. The van der Waals surface area contributed by atoms with Gasteiger partial charge in [-0.2, -0.15) is 26.3 Å². The van der Waals surface area contributed by atoms with E-state index in [-0.39, 0.29) is 29.6 Å². The summed E-state index contributed by atoms with van der Waals surface area (Å²) in [4.78, 5) is 11.6. The van der Waals surface area contributed by atoms with Gasteiger partial charge in [-0.05, 0) is 54.4 Å². The first kappa shape index (κ1) is 23.2. The molecule has 1 aromatic heterocycles. The van der Waals surface area contributed by atoms with E-state index in [4.69, 9.17) is 4.74 Å². The van der Waals surface area contributed by atoms with Crippen LogP contribution in [0.1, 0.15) is 32.7 Å². The van der Waals surface area contributed by atoms with Gasteiger partial charge in [-0.1, -0.05) is 12.1 Å². The number of carboxylic acids is 1. The van der Waals surface area contributed by atoms with E-state index in [0.29, 0.717) is 23.4 Å². The minimum absolute atomic E-state index is 0.0238. The van der Waals surface area contributed by atoms with E-state index in [1.54, 1.807) is 24.3 Å². The third-order valence-corrected chi connectivity index (χ3v) is 4.98. The predicted molar refractivity (Wildman–Crippen MR) is 104 cm³/mol. The molecule has 0 fully saturated rings. The van der Waals surface area contributed by atoms with Crippen LogP contribution in [0.4, 0.5) is 26.3 Å². The van der Waals surface area contributed by atoms with Gasteiger partial charge in [0.2, 0.25) is 0 Å². The molecule has 0 atom stereocenters. The molecule has 0 aliphatic heterocycles. The standard InChI is InChI=1S/C22H17F6NO3/c1-12-18(20(30)31)10-19(29(12)11-13-3-5-17(32-2)6-4-13)14-7-15(21(23,24)25)9-16(8-14)22(26,27)28/h3-10H,11H2,1-2H3,(H,30,31). The summed E-state index contributed by atoms with van der Waals surface area (Å²) in [7, 11) is 1.47. The average molecular weight is 457 g/mol. The highest BCUT2D eigenvalue weighted by Gasteiger charge is 2.37. The van der Waals surface area contributed by atoms with Crippen LogP contribution in [-0.4, -0.2) is 22.8 Å². The minimum Gasteiger partial charge on any atom is -0.497 e. The lowest BCUT2D eigenvalue weighted by Crippen LogP contribution is -2.12. The van der Waals surface area contributed by atoms with Crippen LogP contribution in [0.25, 0.3) is 11.3 Å². The van der Waals surface area contributed by atoms with Crippen molar-refractivity contribution >= 4 is 5.97 Å². The van der Waals surface area contributed by atoms with Crippen LogP contribution < -0.4 is 4.74 Å². The molecule has 1 N–H and O–H groups in total. The number of alkyl halides is 6. The fourth-order valence-electron chi connectivity index (χ4n) is 3.32. The Morgan fingerprint density at radius 1 is 0.938 bits per heavy atom. The van der Waals surface area contributed by atoms with Crippen molar-refractivity contribution in [2.45, 2.75) is 25.8 Å². The van der Waals surface area contributed by atoms with Crippen molar-refractivity contribution in [1.29, 1.82) is 0 Å². The van der Waals surface area contributed by atoms with E-state index in [9.17, 15) is 36.2 Å². The van der Waals surface area contributed by atoms with Crippen molar-refractivity contribution in [2.24, 2.45) is 0 Å². The van der Waals surface area contributed by atoms with Crippen LogP contribution in [0, 0.1) is 6.92 Å². The van der Waals surface area contributed by atoms with E-state index in [1.165, 1.54) is 18.6 Å². The van der Waals surface area contributed by atoms with Crippen LogP contribution in [0.15, 0.2) is 48.5 Å². The molecule has 0 bridgehead atoms. The second-order valence-corrected chi connectivity index (χ2v) is 7.06. The Morgan fingerprint density at radius 3 is 1.91 bits per heavy atom. The SMILES string of the molecule is COc1ccc(Cn2c(-c3cc(C(F)(F)F)cc(C(F)(F)F)c3)cc(C(=O)O)c2C)cc1. The zero-order valence-corrected chi connectivity index (χ0v) is 16.8. The van der Waals surface area contributed by atoms with Crippen LogP contribution >= 0.6 is 0 Å². The number of carboxylic acid groups (broad SMARTS) is 1. The van der Waals surface area contributed by atoms with E-state index < -0.39 is 35.0 Å². The van der Waals surface area contributed by atoms with E-state index in [0.717, 1.165) is 6.07 Å². The Kier molecular flexibility index (Phi) is 5.99. The lowest BCUT2D eigenvalue weighted by atomic mass is 10.0. The molecule has 0 saturated carbocycles. The molecule has 2 aromatic carbocycles. The van der Waals surface area contributed by atoms with Gasteiger partial charge in [-0.15, -0.1) is 0 Å². The van der Waals surface area contributed by atoms with Gasteiger partial charge < -0.3 is 14.4 Å². The minimum atomic E-state index is -5.02. The molecule has 0 aliphatic rings. The monoisotopic (exact) mass is 457 g/mol. The second-order valence-electron chi connectivity index (χ2n) is 7.06. The molecule has 0 radical (unpaired) electrons. The van der Waals surface area contributed by atoms with E-state index in [2.05, 4.69) is 0 Å². The molecule has 32 heavy (non-hydrogen) atoms. The summed E-state index contributed by atoms with van der Waals surface area (Å²) in [6.07, 6.45) is -10.0. The number of methoxy groups -OCH3 is 1. The molecule has 3 rings (SSSR count). The van der Waals surface area contributed by atoms with Crippen molar-refractivity contribution in [2.75, 3.05) is 7.11 Å². The van der Waals surface area contributed by atoms with Crippen molar-refractivity contribution in [3.8, 4) is 17.0 Å². The molecular formula is C22H17F6NO3. The van der Waals surface area contributed by atoms with Crippen LogP contribution in [0.3, 0.4) is 0 Å². The number of ether oxygens (including phenoxy) is 1. The summed E-state index contributed by atoms with van der Waals surface area (Å²) < 4.78 is 86.3. The van der Waals surface area contributed by atoms with Crippen molar-refractivity contribution < 1.29 is 41.0 Å². The quantitative estimate of drug-likeness (QED) is 0.461. The Hall–Kier alpha value is -3.43. The number of hydrogen-bond donors (Lipinski definition) is 1. The number of hydrogen-bond acceptors (Lipinski definition) is 2. The van der Waals surface area contributed by atoms with Gasteiger partial charge in [-0.25, -0.2) is 4.79 Å². The molecule has 1 heterocycles. The summed E-state index contributed by atoms with van der Waals surface area (Å²) >= 11 is 0. The molecule has 0 saturated heterocycles. The summed E-state index contributed by atoms with van der Waals surface area (Å²) in [5.74, 6) is -0.794. The maximum atomic E-state index is 13.3. The molecule has 4 nitrogen and oxygen atoms in total. The van der Waals surface area contributed by atoms with Crippen molar-refractivity contribution in [1.82, 2.24) is 4.57 Å². The Bertz CT molecular complexity index is 1110. The molecule has 170 valence electrons. The number of carbonyl (C=O) groups is 1. The van der Waals surface area contributed by atoms with Crippen LogP contribution in [0.2, 0.25) is 0 Å². The first-order valence-electron chi connectivity index (χ1n) is 9.17. The average Bonchev–Trinajstić information content (AvgIpc) is 3.03. The van der Waals surface area contributed by atoms with Gasteiger partial charge in [0.05, 0.1) is 23.8 Å². The zero-order valence-electron chi connectivity index (χ0n) is 16.8. The number of aromatic nitrogens is 1. The first-order chi connectivity index (χ1) is 14.8.